The van der Waals surface area contributed by atoms with Crippen LogP contribution in [0.1, 0.15) is 17.0 Å². The first-order valence-electron chi connectivity index (χ1n) is 10.5. The van der Waals surface area contributed by atoms with E-state index in [-0.39, 0.29) is 35.3 Å². The molecule has 4 aromatic rings. The Balaban J connectivity index is 1.45. The highest BCUT2D eigenvalue weighted by atomic mass is 35.5. The van der Waals surface area contributed by atoms with E-state index in [0.29, 0.717) is 27.7 Å². The number of anilines is 1. The van der Waals surface area contributed by atoms with Crippen LogP contribution in [0.4, 0.5) is 10.2 Å². The molecular weight excluding hydrogens is 445 g/mol. The molecule has 0 radical (unpaired) electrons. The third-order valence-corrected chi connectivity index (χ3v) is 6.64. The second-order valence-corrected chi connectivity index (χ2v) is 8.75. The number of carbonyl (C=O) groups excluding carboxylic acids is 1. The Morgan fingerprint density at radius 1 is 1.27 bits per heavy atom. The zero-order chi connectivity index (χ0) is 23.3. The standard InChI is InChI=1S/C24H21ClFN5O2/c1-12-3-4-27-8-16(12)15-5-13-6-19(28-9-17(13)22(25)23(15)26)30-24(33)21-18(11-32)20(21)14-7-29-31(2)10-14/h3-10,18,20-21,32H,11H2,1-2H3,(H,28,30,33)/t18-,20-,21-/m0/s1. The van der Waals surface area contributed by atoms with Gasteiger partial charge in [0.15, 0.2) is 0 Å². The van der Waals surface area contributed by atoms with Crippen LogP contribution < -0.4 is 5.32 Å². The highest BCUT2D eigenvalue weighted by Crippen LogP contribution is 2.54. The molecule has 1 aliphatic rings. The Morgan fingerprint density at radius 2 is 2.09 bits per heavy atom. The Labute approximate surface area is 194 Å². The summed E-state index contributed by atoms with van der Waals surface area (Å²) < 4.78 is 16.7. The lowest BCUT2D eigenvalue weighted by molar-refractivity contribution is -0.117. The summed E-state index contributed by atoms with van der Waals surface area (Å²) in [6, 6.07) is 5.16. The predicted molar refractivity (Wildman–Crippen MR) is 123 cm³/mol. The van der Waals surface area contributed by atoms with Crippen molar-refractivity contribution >= 4 is 34.1 Å². The highest BCUT2D eigenvalue weighted by Gasteiger charge is 2.55. The molecule has 0 spiro atoms. The van der Waals surface area contributed by atoms with Crippen LogP contribution in [0, 0.1) is 24.6 Å². The minimum absolute atomic E-state index is 0.0321. The van der Waals surface area contributed by atoms with Gasteiger partial charge in [-0.2, -0.15) is 5.10 Å². The van der Waals surface area contributed by atoms with Gasteiger partial charge in [0.05, 0.1) is 17.1 Å². The molecule has 1 aliphatic carbocycles. The molecule has 33 heavy (non-hydrogen) atoms. The first kappa shape index (κ1) is 21.5. The fraction of sp³-hybridized carbons (Fsp3) is 0.250. The number of hydrogen-bond donors (Lipinski definition) is 2. The second-order valence-electron chi connectivity index (χ2n) is 8.37. The lowest BCUT2D eigenvalue weighted by atomic mass is 9.99. The number of pyridine rings is 2. The fourth-order valence-corrected chi connectivity index (χ4v) is 4.73. The Hall–Kier alpha value is -3.36. The van der Waals surface area contributed by atoms with Crippen LogP contribution in [0.15, 0.2) is 49.2 Å². The first-order valence-corrected chi connectivity index (χ1v) is 10.9. The second kappa shape index (κ2) is 8.20. The number of aliphatic hydroxyl groups is 1. The number of hydrogen-bond acceptors (Lipinski definition) is 5. The zero-order valence-electron chi connectivity index (χ0n) is 18.0. The molecule has 168 valence electrons. The van der Waals surface area contributed by atoms with Crippen molar-refractivity contribution in [2.45, 2.75) is 12.8 Å². The number of aliphatic hydroxyl groups excluding tert-OH is 1. The van der Waals surface area contributed by atoms with Crippen molar-refractivity contribution in [3.8, 4) is 11.1 Å². The average molecular weight is 466 g/mol. The molecule has 1 fully saturated rings. The Morgan fingerprint density at radius 3 is 2.79 bits per heavy atom. The predicted octanol–water partition coefficient (Wildman–Crippen LogP) is 4.09. The van der Waals surface area contributed by atoms with Crippen LogP contribution in [0.5, 0.6) is 0 Å². The summed E-state index contributed by atoms with van der Waals surface area (Å²) >= 11 is 6.32. The summed E-state index contributed by atoms with van der Waals surface area (Å²) in [5, 5.41) is 17.8. The largest absolute Gasteiger partial charge is 0.396 e. The number of halogens is 2. The van der Waals surface area contributed by atoms with Crippen molar-refractivity contribution in [3.05, 3.63) is 71.2 Å². The number of carbonyl (C=O) groups is 1. The summed E-state index contributed by atoms with van der Waals surface area (Å²) in [5.41, 5.74) is 2.76. The zero-order valence-corrected chi connectivity index (χ0v) is 18.7. The number of rotatable bonds is 5. The van der Waals surface area contributed by atoms with E-state index in [2.05, 4.69) is 20.4 Å². The molecule has 7 nitrogen and oxygen atoms in total. The average Bonchev–Trinajstić information content (AvgIpc) is 3.39. The van der Waals surface area contributed by atoms with Crippen LogP contribution >= 0.6 is 11.6 Å². The molecule has 5 rings (SSSR count). The van der Waals surface area contributed by atoms with E-state index in [1.807, 2.05) is 20.2 Å². The van der Waals surface area contributed by atoms with Crippen molar-refractivity contribution in [2.24, 2.45) is 18.9 Å². The van der Waals surface area contributed by atoms with Crippen LogP contribution in [0.25, 0.3) is 21.9 Å². The van der Waals surface area contributed by atoms with Gasteiger partial charge in [0.1, 0.15) is 11.6 Å². The van der Waals surface area contributed by atoms with E-state index in [9.17, 15) is 9.90 Å². The van der Waals surface area contributed by atoms with Crippen LogP contribution in [-0.4, -0.2) is 37.4 Å². The summed E-state index contributed by atoms with van der Waals surface area (Å²) in [6.07, 6.45) is 8.26. The number of nitrogens with one attached hydrogen (secondary N) is 1. The maximum atomic E-state index is 15.0. The summed E-state index contributed by atoms with van der Waals surface area (Å²) in [7, 11) is 1.81. The number of amides is 1. The van der Waals surface area contributed by atoms with E-state index in [1.165, 1.54) is 6.20 Å². The fourth-order valence-electron chi connectivity index (χ4n) is 4.47. The van der Waals surface area contributed by atoms with E-state index in [4.69, 9.17) is 11.6 Å². The van der Waals surface area contributed by atoms with Gasteiger partial charge in [0, 0.05) is 66.8 Å². The SMILES string of the molecule is Cc1ccncc1-c1cc2cc(NC(=O)[C@H]3[C@@H](CO)[C@@H]3c3cnn(C)c3)ncc2c(Cl)c1F. The molecule has 0 unspecified atom stereocenters. The van der Waals surface area contributed by atoms with E-state index in [0.717, 1.165) is 11.1 Å². The van der Waals surface area contributed by atoms with E-state index in [1.54, 1.807) is 41.5 Å². The van der Waals surface area contributed by atoms with Crippen molar-refractivity contribution in [1.82, 2.24) is 19.7 Å². The van der Waals surface area contributed by atoms with Crippen molar-refractivity contribution in [3.63, 3.8) is 0 Å². The molecule has 3 aromatic heterocycles. The molecule has 1 amide bonds. The normalized spacial score (nSPS) is 19.6. The third kappa shape index (κ3) is 3.75. The molecule has 0 saturated heterocycles. The van der Waals surface area contributed by atoms with Gasteiger partial charge in [-0.25, -0.2) is 9.37 Å². The Bertz CT molecular complexity index is 1390. The Kier molecular flexibility index (Phi) is 5.34. The first-order chi connectivity index (χ1) is 15.9. The molecule has 3 heterocycles. The quantitative estimate of drug-likeness (QED) is 0.463. The van der Waals surface area contributed by atoms with Gasteiger partial charge in [-0.05, 0) is 41.6 Å². The minimum atomic E-state index is -0.540. The maximum absolute atomic E-state index is 15.0. The van der Waals surface area contributed by atoms with Crippen LogP contribution in [0.2, 0.25) is 5.02 Å². The molecule has 1 aromatic carbocycles. The summed E-state index contributed by atoms with van der Waals surface area (Å²) in [6.45, 7) is 1.78. The highest BCUT2D eigenvalue weighted by molar-refractivity contribution is 6.36. The van der Waals surface area contributed by atoms with Crippen molar-refractivity contribution < 1.29 is 14.3 Å². The molecule has 3 atom stereocenters. The molecule has 9 heteroatoms. The van der Waals surface area contributed by atoms with Crippen LogP contribution in [-0.2, 0) is 11.8 Å². The number of aromatic nitrogens is 4. The van der Waals surface area contributed by atoms with Gasteiger partial charge in [-0.3, -0.25) is 14.5 Å². The molecule has 0 bridgehead atoms. The van der Waals surface area contributed by atoms with E-state index < -0.39 is 5.82 Å². The minimum Gasteiger partial charge on any atom is -0.396 e. The molecule has 2 N–H and O–H groups in total. The van der Waals surface area contributed by atoms with Crippen LogP contribution in [0.3, 0.4) is 0 Å². The monoisotopic (exact) mass is 465 g/mol. The van der Waals surface area contributed by atoms with Crippen molar-refractivity contribution in [1.29, 1.82) is 0 Å². The summed E-state index contributed by atoms with van der Waals surface area (Å²) in [4.78, 5) is 21.3. The molecule has 1 saturated carbocycles. The number of nitrogens with zero attached hydrogens (tertiary/aromatic N) is 4. The number of fused-ring (bicyclic) bond motifs is 1. The molecule has 0 aliphatic heterocycles. The number of benzene rings is 1. The third-order valence-electron chi connectivity index (χ3n) is 6.27. The van der Waals surface area contributed by atoms with Crippen molar-refractivity contribution in [2.75, 3.05) is 11.9 Å². The van der Waals surface area contributed by atoms with Gasteiger partial charge in [-0.15, -0.1) is 0 Å². The maximum Gasteiger partial charge on any atom is 0.229 e. The lowest BCUT2D eigenvalue weighted by Gasteiger charge is -2.12. The number of aryl methyl sites for hydroxylation is 2. The van der Waals surface area contributed by atoms with Gasteiger partial charge in [0.25, 0.3) is 0 Å². The molecular formula is C24H21ClFN5O2. The lowest BCUT2D eigenvalue weighted by Crippen LogP contribution is -2.16. The van der Waals surface area contributed by atoms with E-state index >= 15 is 4.39 Å². The van der Waals surface area contributed by atoms with Gasteiger partial charge in [-0.1, -0.05) is 11.6 Å². The van der Waals surface area contributed by atoms with Gasteiger partial charge < -0.3 is 10.4 Å². The van der Waals surface area contributed by atoms with Gasteiger partial charge >= 0.3 is 0 Å². The topological polar surface area (TPSA) is 92.9 Å². The smallest absolute Gasteiger partial charge is 0.229 e. The summed E-state index contributed by atoms with van der Waals surface area (Å²) in [5.74, 6) is -1.07. The van der Waals surface area contributed by atoms with Gasteiger partial charge in [0.2, 0.25) is 5.91 Å².